The molecule has 0 fully saturated rings. The molecule has 0 radical (unpaired) electrons. The summed E-state index contributed by atoms with van der Waals surface area (Å²) in [5.74, 6) is 0. The number of rotatable bonds is 0. The number of aliphatic hydroxyl groups is 1. The lowest BCUT2D eigenvalue weighted by atomic mass is 9.96. The molecule has 4 aliphatic carbocycles. The summed E-state index contributed by atoms with van der Waals surface area (Å²) in [5, 5.41) is 10.1. The molecular weight excluding hydrogens is 232 g/mol. The molecule has 0 aromatic heterocycles. The molecule has 0 saturated heterocycles. The number of benzene rings is 2. The van der Waals surface area contributed by atoms with Gasteiger partial charge in [0.2, 0.25) is 0 Å². The Labute approximate surface area is 114 Å². The quantitative estimate of drug-likeness (QED) is 0.762. The van der Waals surface area contributed by atoms with Gasteiger partial charge in [0.1, 0.15) is 0 Å². The third-order valence-electron chi connectivity index (χ3n) is 3.99. The monoisotopic (exact) mass is 252 g/mol. The van der Waals surface area contributed by atoms with Gasteiger partial charge in [0.25, 0.3) is 0 Å². The van der Waals surface area contributed by atoms with Gasteiger partial charge in [-0.3, -0.25) is 0 Å². The van der Waals surface area contributed by atoms with Gasteiger partial charge in [0.15, 0.2) is 0 Å². The van der Waals surface area contributed by atoms with E-state index in [1.807, 2.05) is 0 Å². The highest BCUT2D eigenvalue weighted by molar-refractivity contribution is 5.27. The van der Waals surface area contributed by atoms with Crippen LogP contribution in [0.4, 0.5) is 0 Å². The Hall–Kier alpha value is -1.60. The summed E-state index contributed by atoms with van der Waals surface area (Å²) >= 11 is 0. The van der Waals surface area contributed by atoms with Crippen LogP contribution in [0.25, 0.3) is 0 Å². The van der Waals surface area contributed by atoms with Gasteiger partial charge in [-0.05, 0) is 54.4 Å². The average Bonchev–Trinajstić information content (AvgIpc) is 2.45. The van der Waals surface area contributed by atoms with Crippen molar-refractivity contribution < 1.29 is 5.11 Å². The molecule has 1 nitrogen and oxygen atoms in total. The zero-order valence-electron chi connectivity index (χ0n) is 11.2. The van der Waals surface area contributed by atoms with E-state index in [0.29, 0.717) is 0 Å². The molecule has 2 aromatic rings. The highest BCUT2D eigenvalue weighted by Gasteiger charge is 2.07. The van der Waals surface area contributed by atoms with E-state index >= 15 is 0 Å². The topological polar surface area (TPSA) is 20.2 Å². The lowest BCUT2D eigenvalue weighted by Gasteiger charge is -2.13. The normalized spacial score (nSPS) is 19.3. The van der Waals surface area contributed by atoms with Crippen LogP contribution in [0.3, 0.4) is 0 Å². The fraction of sp³-hybridized carbons (Fsp3) is 0.333. The van der Waals surface area contributed by atoms with Crippen molar-refractivity contribution in [1.82, 2.24) is 0 Å². The van der Waals surface area contributed by atoms with Crippen LogP contribution >= 0.6 is 0 Å². The van der Waals surface area contributed by atoms with E-state index in [9.17, 15) is 5.11 Å². The van der Waals surface area contributed by atoms with Crippen molar-refractivity contribution in [3.8, 4) is 0 Å². The first-order valence-electron chi connectivity index (χ1n) is 7.13. The zero-order valence-corrected chi connectivity index (χ0v) is 11.2. The molecule has 4 aliphatic rings. The summed E-state index contributed by atoms with van der Waals surface area (Å²) in [5.41, 5.74) is 5.33. The predicted molar refractivity (Wildman–Crippen MR) is 78.3 cm³/mol. The minimum atomic E-state index is -0.242. The first-order chi connectivity index (χ1) is 9.29. The van der Waals surface area contributed by atoms with Crippen LogP contribution < -0.4 is 0 Å². The van der Waals surface area contributed by atoms with Gasteiger partial charge in [-0.25, -0.2) is 0 Å². The van der Waals surface area contributed by atoms with Crippen LogP contribution in [-0.4, -0.2) is 11.2 Å². The summed E-state index contributed by atoms with van der Waals surface area (Å²) in [4.78, 5) is 0. The van der Waals surface area contributed by atoms with Crippen molar-refractivity contribution in [3.63, 3.8) is 0 Å². The molecule has 0 aliphatic heterocycles. The molecule has 1 N–H and O–H groups in total. The van der Waals surface area contributed by atoms with Crippen molar-refractivity contribution in [2.24, 2.45) is 0 Å². The molecule has 6 rings (SSSR count). The number of hydrogen-bond donors (Lipinski definition) is 1. The largest absolute Gasteiger partial charge is 0.393 e. The predicted octanol–water partition coefficient (Wildman–Crippen LogP) is 3.32. The van der Waals surface area contributed by atoms with Crippen molar-refractivity contribution in [2.45, 2.75) is 38.2 Å². The van der Waals surface area contributed by atoms with E-state index in [0.717, 1.165) is 32.1 Å². The second kappa shape index (κ2) is 5.58. The first-order valence-corrected chi connectivity index (χ1v) is 7.13. The van der Waals surface area contributed by atoms with Crippen LogP contribution in [0, 0.1) is 0 Å². The van der Waals surface area contributed by atoms with Gasteiger partial charge in [-0.15, -0.1) is 0 Å². The van der Waals surface area contributed by atoms with Crippen LogP contribution in [0.5, 0.6) is 0 Å². The van der Waals surface area contributed by atoms with E-state index in [1.165, 1.54) is 22.3 Å². The van der Waals surface area contributed by atoms with Crippen LogP contribution in [0.1, 0.15) is 28.7 Å². The molecule has 98 valence electrons. The Morgan fingerprint density at radius 3 is 1.58 bits per heavy atom. The van der Waals surface area contributed by atoms with E-state index in [-0.39, 0.29) is 6.10 Å². The van der Waals surface area contributed by atoms with E-state index in [4.69, 9.17) is 0 Å². The molecule has 2 aromatic carbocycles. The second-order valence-corrected chi connectivity index (χ2v) is 5.53. The van der Waals surface area contributed by atoms with E-state index in [1.54, 1.807) is 0 Å². The Morgan fingerprint density at radius 1 is 0.632 bits per heavy atom. The SMILES string of the molecule is O[C@H]1CCc2ccc(cc2)CCc2ccc(cc2)C1. The van der Waals surface area contributed by atoms with Crippen LogP contribution in [0.15, 0.2) is 48.5 Å². The molecule has 1 atom stereocenters. The maximum Gasteiger partial charge on any atom is 0.0583 e. The fourth-order valence-electron chi connectivity index (χ4n) is 2.71. The molecule has 0 heterocycles. The minimum absolute atomic E-state index is 0.242. The third-order valence-corrected chi connectivity index (χ3v) is 3.99. The molecule has 1 heteroatoms. The number of hydrogen-bond acceptors (Lipinski definition) is 1. The van der Waals surface area contributed by atoms with E-state index < -0.39 is 0 Å². The highest BCUT2D eigenvalue weighted by atomic mass is 16.3. The Morgan fingerprint density at radius 2 is 1.05 bits per heavy atom. The number of aryl methyl sites for hydroxylation is 3. The van der Waals surface area contributed by atoms with E-state index in [2.05, 4.69) is 48.5 Å². The molecular formula is C18H20O. The average molecular weight is 252 g/mol. The molecule has 19 heavy (non-hydrogen) atoms. The van der Waals surface area contributed by atoms with Crippen molar-refractivity contribution >= 4 is 0 Å². The van der Waals surface area contributed by atoms with Gasteiger partial charge >= 0.3 is 0 Å². The Bertz CT molecular complexity index is 525. The molecule has 0 unspecified atom stereocenters. The summed E-state index contributed by atoms with van der Waals surface area (Å²) < 4.78 is 0. The maximum atomic E-state index is 10.1. The minimum Gasteiger partial charge on any atom is -0.393 e. The molecule has 0 spiro atoms. The fourth-order valence-corrected chi connectivity index (χ4v) is 2.71. The van der Waals surface area contributed by atoms with Gasteiger partial charge in [0.05, 0.1) is 6.10 Å². The maximum absolute atomic E-state index is 10.1. The lowest BCUT2D eigenvalue weighted by molar-refractivity contribution is 0.165. The first kappa shape index (κ1) is 12.4. The summed E-state index contributed by atoms with van der Waals surface area (Å²) in [6, 6.07) is 17.6. The van der Waals surface area contributed by atoms with Gasteiger partial charge in [0, 0.05) is 0 Å². The van der Waals surface area contributed by atoms with Crippen molar-refractivity contribution in [2.75, 3.05) is 0 Å². The molecule has 0 saturated carbocycles. The van der Waals surface area contributed by atoms with Gasteiger partial charge < -0.3 is 5.11 Å². The smallest absolute Gasteiger partial charge is 0.0583 e. The van der Waals surface area contributed by atoms with Gasteiger partial charge in [-0.1, -0.05) is 48.5 Å². The zero-order chi connectivity index (χ0) is 13.1. The third kappa shape index (κ3) is 3.24. The molecule has 0 amide bonds. The Kier molecular flexibility index (Phi) is 3.65. The summed E-state index contributed by atoms with van der Waals surface area (Å²) in [7, 11) is 0. The number of aliphatic hydroxyl groups excluding tert-OH is 1. The van der Waals surface area contributed by atoms with Crippen LogP contribution in [0.2, 0.25) is 0 Å². The Balaban J connectivity index is 1.87. The second-order valence-electron chi connectivity index (χ2n) is 5.53. The summed E-state index contributed by atoms with van der Waals surface area (Å²) in [6.07, 6.45) is 4.50. The standard InChI is InChI=1S/C18H20O/c19-18-12-11-16-5-3-14(4-6-16)1-2-15-7-9-17(13-18)10-8-15/h3-10,18-19H,1-2,11-13H2/t18-/m0/s1. The van der Waals surface area contributed by atoms with Crippen molar-refractivity contribution in [3.05, 3.63) is 70.8 Å². The highest BCUT2D eigenvalue weighted by Crippen LogP contribution is 2.15. The molecule has 4 bridgehead atoms. The lowest BCUT2D eigenvalue weighted by Crippen LogP contribution is -2.12. The van der Waals surface area contributed by atoms with Crippen molar-refractivity contribution in [1.29, 1.82) is 0 Å². The van der Waals surface area contributed by atoms with Gasteiger partial charge in [-0.2, -0.15) is 0 Å². The van der Waals surface area contributed by atoms with Crippen LogP contribution in [-0.2, 0) is 25.7 Å². The summed E-state index contributed by atoms with van der Waals surface area (Å²) in [6.45, 7) is 0.